The molecule has 0 aliphatic heterocycles. The number of nitrogens with zero attached hydrogens (tertiary/aromatic N) is 2. The summed E-state index contributed by atoms with van der Waals surface area (Å²) in [6.45, 7) is 13.2. The Balaban J connectivity index is 1.97. The lowest BCUT2D eigenvalue weighted by Gasteiger charge is -2.14. The molecule has 178 valence electrons. The lowest BCUT2D eigenvalue weighted by molar-refractivity contribution is 0.0540. The van der Waals surface area contributed by atoms with Crippen LogP contribution in [0, 0.1) is 13.8 Å². The van der Waals surface area contributed by atoms with Gasteiger partial charge in [0.1, 0.15) is 35.9 Å². The summed E-state index contributed by atoms with van der Waals surface area (Å²) < 4.78 is 22.9. The number of aromatic amines is 1. The zero-order valence-electron chi connectivity index (χ0n) is 20.2. The minimum Gasteiger partial charge on any atom is -0.491 e. The van der Waals surface area contributed by atoms with Crippen molar-refractivity contribution in [2.24, 2.45) is 0 Å². The maximum absolute atomic E-state index is 13.1. The number of pyridine rings is 1. The molecular weight excluding hydrogens is 422 g/mol. The number of hydrogen-bond donors (Lipinski definition) is 1. The van der Waals surface area contributed by atoms with Gasteiger partial charge < -0.3 is 23.9 Å². The van der Waals surface area contributed by atoms with Crippen molar-refractivity contribution in [3.8, 4) is 22.9 Å². The molecule has 1 aromatic carbocycles. The van der Waals surface area contributed by atoms with Gasteiger partial charge in [-0.05, 0) is 53.7 Å². The van der Waals surface area contributed by atoms with Gasteiger partial charge in [0.25, 0.3) is 5.56 Å². The molecule has 1 N–H and O–H groups in total. The van der Waals surface area contributed by atoms with Crippen LogP contribution >= 0.6 is 0 Å². The quantitative estimate of drug-likeness (QED) is 0.433. The maximum Gasteiger partial charge on any atom is 0.262 e. The third-order valence-corrected chi connectivity index (χ3v) is 4.70. The van der Waals surface area contributed by atoms with Gasteiger partial charge in [-0.25, -0.2) is 4.98 Å². The second-order valence-electron chi connectivity index (χ2n) is 8.40. The number of rotatable bonds is 11. The fourth-order valence-electron chi connectivity index (χ4n) is 3.39. The summed E-state index contributed by atoms with van der Waals surface area (Å²) in [5, 5.41) is 0.372. The molecule has 33 heavy (non-hydrogen) atoms. The largest absolute Gasteiger partial charge is 0.491 e. The molecule has 0 radical (unpaired) electrons. The number of ether oxygens (including phenoxy) is 4. The predicted molar refractivity (Wildman–Crippen MR) is 128 cm³/mol. The van der Waals surface area contributed by atoms with Crippen LogP contribution in [0.5, 0.6) is 11.5 Å². The average molecular weight is 456 g/mol. The Bertz CT molecular complexity index is 1120. The Kier molecular flexibility index (Phi) is 8.41. The molecule has 0 atom stereocenters. The van der Waals surface area contributed by atoms with E-state index in [9.17, 15) is 4.79 Å². The van der Waals surface area contributed by atoms with E-state index in [4.69, 9.17) is 23.9 Å². The zero-order chi connectivity index (χ0) is 24.0. The molecule has 2 heterocycles. The fourth-order valence-corrected chi connectivity index (χ4v) is 3.39. The van der Waals surface area contributed by atoms with Crippen molar-refractivity contribution in [2.45, 2.75) is 53.8 Å². The molecule has 3 rings (SSSR count). The van der Waals surface area contributed by atoms with Gasteiger partial charge in [-0.15, -0.1) is 0 Å². The van der Waals surface area contributed by atoms with Gasteiger partial charge in [0, 0.05) is 29.1 Å². The molecule has 0 aliphatic carbocycles. The van der Waals surface area contributed by atoms with Crippen LogP contribution in [0.15, 0.2) is 29.1 Å². The number of hydrogen-bond acceptors (Lipinski definition) is 7. The van der Waals surface area contributed by atoms with Gasteiger partial charge in [0.2, 0.25) is 0 Å². The number of H-pyrrole nitrogens is 1. The first kappa shape index (κ1) is 24.7. The van der Waals surface area contributed by atoms with E-state index in [2.05, 4.69) is 9.97 Å². The Morgan fingerprint density at radius 2 is 1.42 bits per heavy atom. The number of aromatic nitrogens is 3. The Hall–Kier alpha value is -2.97. The van der Waals surface area contributed by atoms with Crippen LogP contribution in [-0.4, -0.2) is 53.6 Å². The normalized spacial score (nSPS) is 11.5. The Labute approximate surface area is 194 Å². The molecule has 0 spiro atoms. The summed E-state index contributed by atoms with van der Waals surface area (Å²) >= 11 is 0. The van der Waals surface area contributed by atoms with Crippen LogP contribution in [0.2, 0.25) is 0 Å². The van der Waals surface area contributed by atoms with E-state index in [1.165, 1.54) is 0 Å². The second-order valence-corrected chi connectivity index (χ2v) is 8.40. The minimum atomic E-state index is -0.281. The summed E-state index contributed by atoms with van der Waals surface area (Å²) in [4.78, 5) is 25.1. The lowest BCUT2D eigenvalue weighted by atomic mass is 10.1. The molecule has 8 heteroatoms. The van der Waals surface area contributed by atoms with E-state index in [0.717, 1.165) is 17.0 Å². The predicted octanol–water partition coefficient (Wildman–Crippen LogP) is 4.21. The molecule has 3 aromatic rings. The van der Waals surface area contributed by atoms with Gasteiger partial charge in [0.05, 0.1) is 30.9 Å². The van der Waals surface area contributed by atoms with E-state index in [1.807, 2.05) is 53.7 Å². The smallest absolute Gasteiger partial charge is 0.262 e. The summed E-state index contributed by atoms with van der Waals surface area (Å²) in [5.41, 5.74) is 2.70. The van der Waals surface area contributed by atoms with Crippen molar-refractivity contribution in [3.63, 3.8) is 0 Å². The van der Waals surface area contributed by atoms with Crippen molar-refractivity contribution in [1.29, 1.82) is 0 Å². The standard InChI is InChI=1S/C25H33N3O5/c1-15(2)30-7-9-32-20-13-21-23(22(14-20)33-10-8-31-16(3)4)25(29)28-24(27-21)19-11-17(5)26-18(6)12-19/h11-16H,7-10H2,1-6H3,(H,27,28,29). The zero-order valence-corrected chi connectivity index (χ0v) is 20.2. The number of fused-ring (bicyclic) bond motifs is 1. The lowest BCUT2D eigenvalue weighted by Crippen LogP contribution is -2.15. The van der Waals surface area contributed by atoms with E-state index in [1.54, 1.807) is 12.1 Å². The highest BCUT2D eigenvalue weighted by Crippen LogP contribution is 2.29. The van der Waals surface area contributed by atoms with Gasteiger partial charge in [-0.2, -0.15) is 0 Å². The van der Waals surface area contributed by atoms with Crippen molar-refractivity contribution in [3.05, 3.63) is 46.0 Å². The van der Waals surface area contributed by atoms with Crippen LogP contribution in [0.4, 0.5) is 0 Å². The molecule has 0 amide bonds. The summed E-state index contributed by atoms with van der Waals surface area (Å²) in [6.07, 6.45) is 0.223. The molecule has 0 unspecified atom stereocenters. The second kappa shape index (κ2) is 11.2. The summed E-state index contributed by atoms with van der Waals surface area (Å²) in [5.74, 6) is 1.43. The number of benzene rings is 1. The monoisotopic (exact) mass is 455 g/mol. The van der Waals surface area contributed by atoms with Gasteiger partial charge in [0.15, 0.2) is 0 Å². The van der Waals surface area contributed by atoms with Crippen LogP contribution in [0.1, 0.15) is 39.1 Å². The van der Waals surface area contributed by atoms with Crippen molar-refractivity contribution >= 4 is 10.9 Å². The first-order chi connectivity index (χ1) is 15.7. The van der Waals surface area contributed by atoms with E-state index >= 15 is 0 Å². The molecule has 8 nitrogen and oxygen atoms in total. The SMILES string of the molecule is Cc1cc(-c2nc3cc(OCCOC(C)C)cc(OCCOC(C)C)c3c(=O)[nH]2)cc(C)n1. The third kappa shape index (κ3) is 7.00. The maximum atomic E-state index is 13.1. The number of aryl methyl sites for hydroxylation is 2. The van der Waals surface area contributed by atoms with Gasteiger partial charge in [-0.1, -0.05) is 0 Å². The van der Waals surface area contributed by atoms with Gasteiger partial charge in [-0.3, -0.25) is 9.78 Å². The van der Waals surface area contributed by atoms with Crippen molar-refractivity contribution in [1.82, 2.24) is 15.0 Å². The van der Waals surface area contributed by atoms with Crippen LogP contribution in [-0.2, 0) is 9.47 Å². The highest BCUT2D eigenvalue weighted by Gasteiger charge is 2.15. The van der Waals surface area contributed by atoms with Crippen LogP contribution < -0.4 is 15.0 Å². The molecule has 0 fully saturated rings. The fraction of sp³-hybridized carbons (Fsp3) is 0.480. The van der Waals surface area contributed by atoms with Crippen molar-refractivity contribution < 1.29 is 18.9 Å². The molecule has 2 aromatic heterocycles. The topological polar surface area (TPSA) is 95.6 Å². The minimum absolute atomic E-state index is 0.0980. The average Bonchev–Trinajstić information content (AvgIpc) is 2.72. The highest BCUT2D eigenvalue weighted by molar-refractivity contribution is 5.87. The number of nitrogens with one attached hydrogen (secondary N) is 1. The first-order valence-electron chi connectivity index (χ1n) is 11.3. The molecular formula is C25H33N3O5. The molecule has 0 saturated heterocycles. The summed E-state index contributed by atoms with van der Waals surface area (Å²) in [6, 6.07) is 7.25. The van der Waals surface area contributed by atoms with Gasteiger partial charge >= 0.3 is 0 Å². The van der Waals surface area contributed by atoms with Crippen LogP contribution in [0.25, 0.3) is 22.3 Å². The summed E-state index contributed by atoms with van der Waals surface area (Å²) in [7, 11) is 0. The third-order valence-electron chi connectivity index (χ3n) is 4.70. The molecule has 0 aliphatic rings. The first-order valence-corrected chi connectivity index (χ1v) is 11.3. The Morgan fingerprint density at radius 3 is 2.03 bits per heavy atom. The van der Waals surface area contributed by atoms with E-state index in [0.29, 0.717) is 54.7 Å². The molecule has 0 bridgehead atoms. The Morgan fingerprint density at radius 1 is 0.818 bits per heavy atom. The van der Waals surface area contributed by atoms with Crippen molar-refractivity contribution in [2.75, 3.05) is 26.4 Å². The van der Waals surface area contributed by atoms with E-state index in [-0.39, 0.29) is 17.8 Å². The van der Waals surface area contributed by atoms with E-state index < -0.39 is 0 Å². The highest BCUT2D eigenvalue weighted by atomic mass is 16.5. The molecule has 0 saturated carbocycles. The van der Waals surface area contributed by atoms with Crippen LogP contribution in [0.3, 0.4) is 0 Å².